The smallest absolute Gasteiger partial charge is 0.140 e. The van der Waals surface area contributed by atoms with Gasteiger partial charge in [-0.1, -0.05) is 19.1 Å². The van der Waals surface area contributed by atoms with Gasteiger partial charge in [0, 0.05) is 12.3 Å². The summed E-state index contributed by atoms with van der Waals surface area (Å²) in [6.45, 7) is 2.23. The van der Waals surface area contributed by atoms with Crippen molar-refractivity contribution in [1.82, 2.24) is 0 Å². The average molecular weight is 150 g/mol. The Morgan fingerprint density at radius 3 is 3.09 bits per heavy atom. The minimum absolute atomic E-state index is 0.297. The van der Waals surface area contributed by atoms with Crippen molar-refractivity contribution in [2.24, 2.45) is 17.8 Å². The van der Waals surface area contributed by atoms with E-state index in [9.17, 15) is 4.79 Å². The number of carbonyl (C=O) groups is 1. The molecular weight excluding hydrogens is 136 g/mol. The lowest BCUT2D eigenvalue weighted by molar-refractivity contribution is -0.120. The van der Waals surface area contributed by atoms with Crippen LogP contribution in [0.4, 0.5) is 0 Å². The largest absolute Gasteiger partial charge is 0.299 e. The van der Waals surface area contributed by atoms with Crippen LogP contribution in [0, 0.1) is 17.8 Å². The molecule has 0 amide bonds. The second-order valence-corrected chi connectivity index (χ2v) is 3.89. The molecule has 0 saturated heterocycles. The highest BCUT2D eigenvalue weighted by Crippen LogP contribution is 2.38. The summed E-state index contributed by atoms with van der Waals surface area (Å²) in [6, 6.07) is 0. The van der Waals surface area contributed by atoms with E-state index in [2.05, 4.69) is 19.1 Å². The van der Waals surface area contributed by atoms with E-state index in [0.29, 0.717) is 23.5 Å². The van der Waals surface area contributed by atoms with Crippen LogP contribution in [-0.4, -0.2) is 5.78 Å². The first-order valence-electron chi connectivity index (χ1n) is 4.48. The molecule has 1 heteroatoms. The highest BCUT2D eigenvalue weighted by Gasteiger charge is 2.35. The molecule has 0 radical (unpaired) electrons. The van der Waals surface area contributed by atoms with Crippen molar-refractivity contribution >= 4 is 5.78 Å². The SMILES string of the molecule is C[C@@H]1C=C[C@@H]2C(=O)CC[C@@H]2C1. The molecule has 0 unspecified atom stereocenters. The van der Waals surface area contributed by atoms with Crippen molar-refractivity contribution in [3.05, 3.63) is 12.2 Å². The van der Waals surface area contributed by atoms with E-state index in [1.165, 1.54) is 6.42 Å². The number of ketones is 1. The lowest BCUT2D eigenvalue weighted by Gasteiger charge is -2.22. The van der Waals surface area contributed by atoms with Gasteiger partial charge >= 0.3 is 0 Å². The molecule has 0 aromatic rings. The molecule has 1 fully saturated rings. The van der Waals surface area contributed by atoms with Gasteiger partial charge < -0.3 is 0 Å². The molecule has 0 aromatic carbocycles. The number of rotatable bonds is 0. The third kappa shape index (κ3) is 1.13. The Morgan fingerprint density at radius 1 is 1.45 bits per heavy atom. The van der Waals surface area contributed by atoms with Gasteiger partial charge in [-0.3, -0.25) is 4.79 Å². The fourth-order valence-corrected chi connectivity index (χ4v) is 2.33. The molecule has 1 nitrogen and oxygen atoms in total. The monoisotopic (exact) mass is 150 g/mol. The van der Waals surface area contributed by atoms with Crippen LogP contribution in [0.15, 0.2) is 12.2 Å². The molecule has 0 aromatic heterocycles. The molecule has 0 heterocycles. The zero-order valence-electron chi connectivity index (χ0n) is 6.92. The Labute approximate surface area is 67.5 Å². The van der Waals surface area contributed by atoms with Crippen LogP contribution in [0.2, 0.25) is 0 Å². The molecule has 0 spiro atoms. The fraction of sp³-hybridized carbons (Fsp3) is 0.700. The maximum absolute atomic E-state index is 11.3. The summed E-state index contributed by atoms with van der Waals surface area (Å²) >= 11 is 0. The number of Topliss-reactive ketones (excluding diaryl/α,β-unsaturated/α-hetero) is 1. The second kappa shape index (κ2) is 2.47. The van der Waals surface area contributed by atoms with Gasteiger partial charge in [0.2, 0.25) is 0 Å². The Balaban J connectivity index is 2.19. The van der Waals surface area contributed by atoms with E-state index < -0.39 is 0 Å². The summed E-state index contributed by atoms with van der Waals surface area (Å²) in [6.07, 6.45) is 7.52. The van der Waals surface area contributed by atoms with Crippen molar-refractivity contribution in [3.8, 4) is 0 Å². The van der Waals surface area contributed by atoms with E-state index in [1.54, 1.807) is 0 Å². The summed E-state index contributed by atoms with van der Waals surface area (Å²) in [4.78, 5) is 11.3. The highest BCUT2D eigenvalue weighted by molar-refractivity contribution is 5.85. The lowest BCUT2D eigenvalue weighted by Crippen LogP contribution is -2.18. The van der Waals surface area contributed by atoms with Gasteiger partial charge in [-0.05, 0) is 24.7 Å². The minimum atomic E-state index is 0.297. The molecule has 0 bridgehead atoms. The van der Waals surface area contributed by atoms with E-state index >= 15 is 0 Å². The predicted molar refractivity (Wildman–Crippen MR) is 44.1 cm³/mol. The second-order valence-electron chi connectivity index (χ2n) is 3.89. The predicted octanol–water partition coefficient (Wildman–Crippen LogP) is 2.18. The standard InChI is InChI=1S/C10H14O/c1-7-2-4-9-8(6-7)3-5-10(9)11/h2,4,7-9H,3,5-6H2,1H3/t7-,8-,9+/m1/s1. The Kier molecular flexibility index (Phi) is 1.59. The number of hydrogen-bond donors (Lipinski definition) is 0. The van der Waals surface area contributed by atoms with Gasteiger partial charge in [0.1, 0.15) is 5.78 Å². The molecule has 60 valence electrons. The van der Waals surface area contributed by atoms with E-state index in [0.717, 1.165) is 12.8 Å². The van der Waals surface area contributed by atoms with Crippen LogP contribution < -0.4 is 0 Å². The van der Waals surface area contributed by atoms with Crippen LogP contribution >= 0.6 is 0 Å². The molecule has 2 aliphatic rings. The van der Waals surface area contributed by atoms with E-state index in [1.807, 2.05) is 0 Å². The molecule has 2 aliphatic carbocycles. The van der Waals surface area contributed by atoms with Crippen LogP contribution in [0.3, 0.4) is 0 Å². The van der Waals surface area contributed by atoms with Gasteiger partial charge in [0.15, 0.2) is 0 Å². The van der Waals surface area contributed by atoms with Crippen LogP contribution in [0.1, 0.15) is 26.2 Å². The molecule has 3 atom stereocenters. The van der Waals surface area contributed by atoms with Gasteiger partial charge in [-0.2, -0.15) is 0 Å². The first kappa shape index (κ1) is 7.08. The van der Waals surface area contributed by atoms with Crippen LogP contribution in [0.25, 0.3) is 0 Å². The summed E-state index contributed by atoms with van der Waals surface area (Å²) in [7, 11) is 0. The maximum atomic E-state index is 11.3. The third-order valence-electron chi connectivity index (χ3n) is 2.96. The van der Waals surface area contributed by atoms with Crippen LogP contribution in [0.5, 0.6) is 0 Å². The summed E-state index contributed by atoms with van der Waals surface area (Å²) in [5.41, 5.74) is 0. The van der Waals surface area contributed by atoms with Gasteiger partial charge in [-0.25, -0.2) is 0 Å². The zero-order valence-corrected chi connectivity index (χ0v) is 6.92. The van der Waals surface area contributed by atoms with E-state index in [-0.39, 0.29) is 0 Å². The van der Waals surface area contributed by atoms with Crippen molar-refractivity contribution in [2.45, 2.75) is 26.2 Å². The van der Waals surface area contributed by atoms with Crippen LogP contribution in [-0.2, 0) is 4.79 Å². The zero-order chi connectivity index (χ0) is 7.84. The molecule has 1 saturated carbocycles. The molecule has 11 heavy (non-hydrogen) atoms. The normalized spacial score (nSPS) is 42.6. The van der Waals surface area contributed by atoms with Gasteiger partial charge in [0.05, 0.1) is 0 Å². The summed E-state index contributed by atoms with van der Waals surface area (Å²) in [5, 5.41) is 0. The number of fused-ring (bicyclic) bond motifs is 1. The number of hydrogen-bond acceptors (Lipinski definition) is 1. The average Bonchev–Trinajstić information content (AvgIpc) is 2.32. The summed E-state index contributed by atoms with van der Waals surface area (Å²) < 4.78 is 0. The molecule has 0 N–H and O–H groups in total. The minimum Gasteiger partial charge on any atom is -0.299 e. The van der Waals surface area contributed by atoms with Crippen molar-refractivity contribution in [1.29, 1.82) is 0 Å². The van der Waals surface area contributed by atoms with Crippen molar-refractivity contribution in [3.63, 3.8) is 0 Å². The molecular formula is C10H14O. The first-order valence-corrected chi connectivity index (χ1v) is 4.48. The van der Waals surface area contributed by atoms with Crippen molar-refractivity contribution in [2.75, 3.05) is 0 Å². The topological polar surface area (TPSA) is 17.1 Å². The van der Waals surface area contributed by atoms with Gasteiger partial charge in [0.25, 0.3) is 0 Å². The molecule has 0 aliphatic heterocycles. The Morgan fingerprint density at radius 2 is 2.27 bits per heavy atom. The quantitative estimate of drug-likeness (QED) is 0.484. The fourth-order valence-electron chi connectivity index (χ4n) is 2.33. The first-order chi connectivity index (χ1) is 5.27. The molecule has 2 rings (SSSR count). The van der Waals surface area contributed by atoms with Gasteiger partial charge in [-0.15, -0.1) is 0 Å². The highest BCUT2D eigenvalue weighted by atomic mass is 16.1. The maximum Gasteiger partial charge on any atom is 0.140 e. The number of carbonyl (C=O) groups excluding carboxylic acids is 1. The Bertz CT molecular complexity index is 205. The number of allylic oxidation sites excluding steroid dienone is 2. The lowest BCUT2D eigenvalue weighted by atomic mass is 9.82. The summed E-state index contributed by atoms with van der Waals surface area (Å²) in [5.74, 6) is 2.15. The Hall–Kier alpha value is -0.590. The van der Waals surface area contributed by atoms with Crippen molar-refractivity contribution < 1.29 is 4.79 Å². The third-order valence-corrected chi connectivity index (χ3v) is 2.96. The van der Waals surface area contributed by atoms with E-state index in [4.69, 9.17) is 0 Å².